The molecule has 1 aliphatic carbocycles. The van der Waals surface area contributed by atoms with Crippen molar-refractivity contribution >= 4 is 0 Å². The van der Waals surface area contributed by atoms with Crippen LogP contribution in [0.1, 0.15) is 51.9 Å². The van der Waals surface area contributed by atoms with Crippen LogP contribution in [0.5, 0.6) is 0 Å². The van der Waals surface area contributed by atoms with Gasteiger partial charge >= 0.3 is 0 Å². The highest BCUT2D eigenvalue weighted by atomic mass is 16.5. The average molecular weight is 225 g/mol. The number of hydrogen-bond donors (Lipinski definition) is 1. The standard InChI is InChI=1S/C13H23NO2/c1-2-4-12-5-3-7-13(11-14,8-6-12)16-10-9-15/h12,15H,2-10H2,1H3. The molecule has 0 aliphatic heterocycles. The molecule has 3 nitrogen and oxygen atoms in total. The van der Waals surface area contributed by atoms with Crippen LogP contribution in [-0.4, -0.2) is 23.9 Å². The molecule has 1 N–H and O–H groups in total. The molecule has 0 heterocycles. The third kappa shape index (κ3) is 3.77. The first-order valence-corrected chi connectivity index (χ1v) is 6.42. The summed E-state index contributed by atoms with van der Waals surface area (Å²) < 4.78 is 5.56. The van der Waals surface area contributed by atoms with Crippen LogP contribution in [0, 0.1) is 17.2 Å². The van der Waals surface area contributed by atoms with Crippen LogP contribution in [0.4, 0.5) is 0 Å². The number of hydrogen-bond acceptors (Lipinski definition) is 3. The summed E-state index contributed by atoms with van der Waals surface area (Å²) >= 11 is 0. The molecule has 0 amide bonds. The lowest BCUT2D eigenvalue weighted by Gasteiger charge is -2.25. The van der Waals surface area contributed by atoms with Crippen molar-refractivity contribution in [1.29, 1.82) is 5.26 Å². The number of aliphatic hydroxyl groups excluding tert-OH is 1. The van der Waals surface area contributed by atoms with Gasteiger partial charge in [-0.25, -0.2) is 0 Å². The van der Waals surface area contributed by atoms with Crippen molar-refractivity contribution in [3.63, 3.8) is 0 Å². The summed E-state index contributed by atoms with van der Waals surface area (Å²) in [5.41, 5.74) is -0.620. The zero-order chi connectivity index (χ0) is 11.9. The Labute approximate surface area is 98.4 Å². The summed E-state index contributed by atoms with van der Waals surface area (Å²) in [7, 11) is 0. The summed E-state index contributed by atoms with van der Waals surface area (Å²) in [6, 6.07) is 2.32. The number of nitriles is 1. The molecule has 0 aromatic carbocycles. The average Bonchev–Trinajstić information content (AvgIpc) is 2.51. The van der Waals surface area contributed by atoms with Crippen LogP contribution >= 0.6 is 0 Å². The van der Waals surface area contributed by atoms with Crippen LogP contribution < -0.4 is 0 Å². The van der Waals surface area contributed by atoms with Gasteiger partial charge in [0.05, 0.1) is 19.3 Å². The van der Waals surface area contributed by atoms with E-state index in [1.165, 1.54) is 19.3 Å². The number of rotatable bonds is 5. The molecule has 0 aromatic heterocycles. The van der Waals surface area contributed by atoms with Crippen molar-refractivity contribution in [3.05, 3.63) is 0 Å². The first kappa shape index (κ1) is 13.5. The van der Waals surface area contributed by atoms with E-state index in [9.17, 15) is 5.26 Å². The minimum atomic E-state index is -0.620. The smallest absolute Gasteiger partial charge is 0.154 e. The fraction of sp³-hybridized carbons (Fsp3) is 0.923. The third-order valence-electron chi connectivity index (χ3n) is 3.52. The van der Waals surface area contributed by atoms with Gasteiger partial charge in [0, 0.05) is 0 Å². The third-order valence-corrected chi connectivity index (χ3v) is 3.52. The second-order valence-corrected chi connectivity index (χ2v) is 4.76. The van der Waals surface area contributed by atoms with Crippen molar-refractivity contribution in [3.8, 4) is 6.07 Å². The highest BCUT2D eigenvalue weighted by Crippen LogP contribution is 2.34. The summed E-state index contributed by atoms with van der Waals surface area (Å²) in [5.74, 6) is 0.762. The van der Waals surface area contributed by atoms with Crippen LogP contribution in [0.3, 0.4) is 0 Å². The first-order valence-electron chi connectivity index (χ1n) is 6.42. The molecule has 1 aliphatic rings. The molecule has 0 radical (unpaired) electrons. The molecule has 2 unspecified atom stereocenters. The fourth-order valence-corrected chi connectivity index (χ4v) is 2.61. The van der Waals surface area contributed by atoms with Crippen LogP contribution in [0.15, 0.2) is 0 Å². The molecule has 2 atom stereocenters. The topological polar surface area (TPSA) is 53.2 Å². The molecular formula is C13H23NO2. The Morgan fingerprint density at radius 1 is 1.44 bits per heavy atom. The minimum absolute atomic E-state index is 0.00180. The van der Waals surface area contributed by atoms with Crippen molar-refractivity contribution in [2.45, 2.75) is 57.5 Å². The van der Waals surface area contributed by atoms with E-state index in [0.717, 1.165) is 31.6 Å². The monoisotopic (exact) mass is 225 g/mol. The summed E-state index contributed by atoms with van der Waals surface area (Å²) in [6.45, 7) is 2.50. The van der Waals surface area contributed by atoms with Crippen molar-refractivity contribution in [2.24, 2.45) is 5.92 Å². The van der Waals surface area contributed by atoms with E-state index in [1.807, 2.05) is 0 Å². The van der Waals surface area contributed by atoms with Crippen molar-refractivity contribution in [1.82, 2.24) is 0 Å². The highest BCUT2D eigenvalue weighted by Gasteiger charge is 2.33. The predicted octanol–water partition coefficient (Wildman–Crippen LogP) is 2.64. The van der Waals surface area contributed by atoms with Gasteiger partial charge in [-0.2, -0.15) is 5.26 Å². The van der Waals surface area contributed by atoms with E-state index in [-0.39, 0.29) is 13.2 Å². The molecule has 0 spiro atoms. The van der Waals surface area contributed by atoms with Gasteiger partial charge in [0.15, 0.2) is 5.60 Å². The SMILES string of the molecule is CCCC1CCCC(C#N)(OCCO)CC1. The number of nitrogens with zero attached hydrogens (tertiary/aromatic N) is 1. The fourth-order valence-electron chi connectivity index (χ4n) is 2.61. The Hall–Kier alpha value is -0.590. The summed E-state index contributed by atoms with van der Waals surface area (Å²) in [4.78, 5) is 0. The van der Waals surface area contributed by atoms with Gasteiger partial charge in [0.25, 0.3) is 0 Å². The maximum absolute atomic E-state index is 9.25. The highest BCUT2D eigenvalue weighted by molar-refractivity contribution is 5.03. The Morgan fingerprint density at radius 3 is 2.88 bits per heavy atom. The van der Waals surface area contributed by atoms with Crippen molar-refractivity contribution in [2.75, 3.05) is 13.2 Å². The Kier molecular flexibility index (Phi) is 5.79. The van der Waals surface area contributed by atoms with E-state index in [4.69, 9.17) is 9.84 Å². The maximum atomic E-state index is 9.25. The quantitative estimate of drug-likeness (QED) is 0.732. The normalized spacial score (nSPS) is 30.7. The first-order chi connectivity index (χ1) is 7.76. The Bertz CT molecular complexity index is 237. The van der Waals surface area contributed by atoms with Crippen LogP contribution in [0.2, 0.25) is 0 Å². The second-order valence-electron chi connectivity index (χ2n) is 4.76. The van der Waals surface area contributed by atoms with E-state index in [2.05, 4.69) is 13.0 Å². The van der Waals surface area contributed by atoms with E-state index >= 15 is 0 Å². The lowest BCUT2D eigenvalue weighted by atomic mass is 9.93. The van der Waals surface area contributed by atoms with Gasteiger partial charge < -0.3 is 9.84 Å². The zero-order valence-electron chi connectivity index (χ0n) is 10.2. The minimum Gasteiger partial charge on any atom is -0.394 e. The zero-order valence-corrected chi connectivity index (χ0v) is 10.2. The molecule has 3 heteroatoms. The molecule has 1 rings (SSSR count). The summed E-state index contributed by atoms with van der Waals surface area (Å²) in [6.07, 6.45) is 7.53. The molecule has 0 saturated heterocycles. The molecule has 0 bridgehead atoms. The molecule has 0 aromatic rings. The van der Waals surface area contributed by atoms with E-state index < -0.39 is 5.60 Å². The van der Waals surface area contributed by atoms with Crippen LogP contribution in [0.25, 0.3) is 0 Å². The van der Waals surface area contributed by atoms with Gasteiger partial charge in [0.1, 0.15) is 0 Å². The van der Waals surface area contributed by atoms with E-state index in [1.54, 1.807) is 0 Å². The lowest BCUT2D eigenvalue weighted by Crippen LogP contribution is -2.31. The Morgan fingerprint density at radius 2 is 2.25 bits per heavy atom. The van der Waals surface area contributed by atoms with Crippen molar-refractivity contribution < 1.29 is 9.84 Å². The summed E-state index contributed by atoms with van der Waals surface area (Å²) in [5, 5.41) is 18.0. The lowest BCUT2D eigenvalue weighted by molar-refractivity contribution is -0.0291. The molecule has 92 valence electrons. The predicted molar refractivity (Wildman–Crippen MR) is 62.9 cm³/mol. The van der Waals surface area contributed by atoms with Gasteiger partial charge in [-0.15, -0.1) is 0 Å². The number of aliphatic hydroxyl groups is 1. The Balaban J connectivity index is 2.51. The molecule has 16 heavy (non-hydrogen) atoms. The van der Waals surface area contributed by atoms with Gasteiger partial charge in [0.2, 0.25) is 0 Å². The van der Waals surface area contributed by atoms with Gasteiger partial charge in [-0.1, -0.05) is 26.2 Å². The molecular weight excluding hydrogens is 202 g/mol. The maximum Gasteiger partial charge on any atom is 0.154 e. The largest absolute Gasteiger partial charge is 0.394 e. The number of ether oxygens (including phenoxy) is 1. The molecule has 1 fully saturated rings. The van der Waals surface area contributed by atoms with Gasteiger partial charge in [-0.05, 0) is 31.6 Å². The molecule has 1 saturated carbocycles. The second kappa shape index (κ2) is 6.88. The van der Waals surface area contributed by atoms with E-state index in [0.29, 0.717) is 0 Å². The van der Waals surface area contributed by atoms with Gasteiger partial charge in [-0.3, -0.25) is 0 Å². The van der Waals surface area contributed by atoms with Crippen LogP contribution in [-0.2, 0) is 4.74 Å².